The van der Waals surface area contributed by atoms with Crippen LogP contribution in [0.4, 0.5) is 10.1 Å². The van der Waals surface area contributed by atoms with Crippen molar-refractivity contribution in [3.63, 3.8) is 0 Å². The minimum atomic E-state index is -0.610. The minimum absolute atomic E-state index is 0.0436. The van der Waals surface area contributed by atoms with Crippen molar-refractivity contribution in [1.29, 1.82) is 0 Å². The Morgan fingerprint density at radius 2 is 1.93 bits per heavy atom. The molecular weight excluding hydrogens is 343 g/mol. The number of aryl methyl sites for hydroxylation is 1. The number of halogens is 1. The molecule has 6 heteroatoms. The average molecular weight is 370 g/mol. The van der Waals surface area contributed by atoms with E-state index in [2.05, 4.69) is 16.0 Å². The van der Waals surface area contributed by atoms with Gasteiger partial charge in [-0.1, -0.05) is 18.2 Å². The zero-order valence-corrected chi connectivity index (χ0v) is 16.2. The number of benzene rings is 1. The summed E-state index contributed by atoms with van der Waals surface area (Å²) in [5.74, 6) is -0.383. The summed E-state index contributed by atoms with van der Waals surface area (Å²) < 4.78 is 14.3. The molecule has 0 aliphatic carbocycles. The highest BCUT2D eigenvalue weighted by Crippen LogP contribution is 2.25. The fourth-order valence-corrected chi connectivity index (χ4v) is 3.63. The van der Waals surface area contributed by atoms with E-state index >= 15 is 0 Å². The van der Waals surface area contributed by atoms with Gasteiger partial charge in [-0.25, -0.2) is 4.39 Å². The quantitative estimate of drug-likeness (QED) is 0.830. The van der Waals surface area contributed by atoms with Gasteiger partial charge in [0, 0.05) is 49.3 Å². The minimum Gasteiger partial charge on any atom is -0.370 e. The molecule has 2 aromatic rings. The summed E-state index contributed by atoms with van der Waals surface area (Å²) >= 11 is 0. The maximum absolute atomic E-state index is 14.3. The Hall–Kier alpha value is -2.47. The number of anilines is 1. The largest absolute Gasteiger partial charge is 0.370 e. The van der Waals surface area contributed by atoms with Crippen LogP contribution in [0.2, 0.25) is 0 Å². The van der Waals surface area contributed by atoms with Crippen LogP contribution in [0.5, 0.6) is 0 Å². The standard InChI is InChI=1S/C21H27FN4O/c1-16-15-17(9-10-23-16)25-11-6-12-26(14-13-25)21(27)20(24(2)3)18-7-4-5-8-19(18)22/h4-5,7-10,15,20H,6,11-14H2,1-3H3/t20-/m0/s1. The Bertz CT molecular complexity index is 795. The molecule has 1 aromatic heterocycles. The van der Waals surface area contributed by atoms with Gasteiger partial charge in [-0.3, -0.25) is 14.7 Å². The zero-order chi connectivity index (χ0) is 19.4. The number of likely N-dealkylation sites (N-methyl/N-ethyl adjacent to an activating group) is 1. The SMILES string of the molecule is Cc1cc(N2CCCN(C(=O)[C@H](c3ccccc3F)N(C)C)CC2)ccn1. The van der Waals surface area contributed by atoms with E-state index in [1.54, 1.807) is 23.1 Å². The van der Waals surface area contributed by atoms with E-state index < -0.39 is 6.04 Å². The van der Waals surface area contributed by atoms with E-state index in [0.29, 0.717) is 18.7 Å². The van der Waals surface area contributed by atoms with E-state index in [9.17, 15) is 9.18 Å². The number of carbonyl (C=O) groups is 1. The molecule has 0 radical (unpaired) electrons. The predicted octanol–water partition coefficient (Wildman–Crippen LogP) is 2.87. The van der Waals surface area contributed by atoms with Crippen molar-refractivity contribution >= 4 is 11.6 Å². The molecule has 27 heavy (non-hydrogen) atoms. The first-order chi connectivity index (χ1) is 13.0. The van der Waals surface area contributed by atoms with Crippen molar-refractivity contribution in [3.05, 3.63) is 59.7 Å². The number of hydrogen-bond donors (Lipinski definition) is 0. The molecule has 1 saturated heterocycles. The lowest BCUT2D eigenvalue weighted by molar-refractivity contribution is -0.136. The highest BCUT2D eigenvalue weighted by atomic mass is 19.1. The lowest BCUT2D eigenvalue weighted by Crippen LogP contribution is -2.42. The third kappa shape index (κ3) is 4.45. The summed E-state index contributed by atoms with van der Waals surface area (Å²) in [6.07, 6.45) is 2.70. The van der Waals surface area contributed by atoms with Gasteiger partial charge in [0.05, 0.1) is 0 Å². The molecule has 0 unspecified atom stereocenters. The number of nitrogens with zero attached hydrogens (tertiary/aromatic N) is 4. The van der Waals surface area contributed by atoms with Crippen LogP contribution < -0.4 is 4.90 Å². The molecule has 1 aliphatic heterocycles. The van der Waals surface area contributed by atoms with Crippen molar-refractivity contribution in [2.24, 2.45) is 0 Å². The van der Waals surface area contributed by atoms with Gasteiger partial charge in [0.1, 0.15) is 11.9 Å². The van der Waals surface area contributed by atoms with E-state index in [1.165, 1.54) is 6.07 Å². The fourth-order valence-electron chi connectivity index (χ4n) is 3.63. The number of hydrogen-bond acceptors (Lipinski definition) is 4. The second kappa shape index (κ2) is 8.48. The molecule has 144 valence electrons. The lowest BCUT2D eigenvalue weighted by Gasteiger charge is -2.30. The monoisotopic (exact) mass is 370 g/mol. The van der Waals surface area contributed by atoms with Gasteiger partial charge in [-0.2, -0.15) is 0 Å². The van der Waals surface area contributed by atoms with Crippen molar-refractivity contribution in [3.8, 4) is 0 Å². The molecule has 1 aromatic carbocycles. The van der Waals surface area contributed by atoms with E-state index in [-0.39, 0.29) is 11.7 Å². The molecule has 1 fully saturated rings. The summed E-state index contributed by atoms with van der Waals surface area (Å²) in [7, 11) is 3.64. The van der Waals surface area contributed by atoms with Crippen LogP contribution in [-0.4, -0.2) is 61.0 Å². The Morgan fingerprint density at radius 1 is 1.15 bits per heavy atom. The van der Waals surface area contributed by atoms with Gasteiger partial charge in [-0.05, 0) is 45.6 Å². The number of rotatable bonds is 4. The van der Waals surface area contributed by atoms with Crippen LogP contribution in [0.3, 0.4) is 0 Å². The second-order valence-corrected chi connectivity index (χ2v) is 7.21. The molecular formula is C21H27FN4O. The molecule has 0 spiro atoms. The van der Waals surface area contributed by atoms with Crippen molar-refractivity contribution in [2.45, 2.75) is 19.4 Å². The Labute approximate surface area is 160 Å². The molecule has 1 aliphatic rings. The number of pyridine rings is 1. The maximum Gasteiger partial charge on any atom is 0.244 e. The van der Waals surface area contributed by atoms with E-state index in [0.717, 1.165) is 30.9 Å². The highest BCUT2D eigenvalue weighted by Gasteiger charge is 2.30. The van der Waals surface area contributed by atoms with Gasteiger partial charge in [0.15, 0.2) is 0 Å². The number of carbonyl (C=O) groups excluding carboxylic acids is 1. The maximum atomic E-state index is 14.3. The Kier molecular flexibility index (Phi) is 6.06. The third-order valence-electron chi connectivity index (χ3n) is 5.00. The summed E-state index contributed by atoms with van der Waals surface area (Å²) in [5.41, 5.74) is 2.55. The van der Waals surface area contributed by atoms with Crippen molar-refractivity contribution in [2.75, 3.05) is 45.2 Å². The van der Waals surface area contributed by atoms with Gasteiger partial charge in [0.2, 0.25) is 5.91 Å². The topological polar surface area (TPSA) is 39.7 Å². The normalized spacial score (nSPS) is 16.3. The second-order valence-electron chi connectivity index (χ2n) is 7.21. The van der Waals surface area contributed by atoms with Gasteiger partial charge in [0.25, 0.3) is 0 Å². The number of aromatic nitrogens is 1. The molecule has 3 rings (SSSR count). The molecule has 0 bridgehead atoms. The summed E-state index contributed by atoms with van der Waals surface area (Å²) in [6, 6.07) is 10.00. The first kappa shape index (κ1) is 19.3. The van der Waals surface area contributed by atoms with Gasteiger partial charge in [-0.15, -0.1) is 0 Å². The molecule has 1 atom stereocenters. The van der Waals surface area contributed by atoms with Crippen molar-refractivity contribution < 1.29 is 9.18 Å². The molecule has 5 nitrogen and oxygen atoms in total. The van der Waals surface area contributed by atoms with E-state index in [1.807, 2.05) is 38.2 Å². The smallest absolute Gasteiger partial charge is 0.244 e. The molecule has 1 amide bonds. The highest BCUT2D eigenvalue weighted by molar-refractivity contribution is 5.83. The third-order valence-corrected chi connectivity index (χ3v) is 5.00. The first-order valence-corrected chi connectivity index (χ1v) is 9.34. The van der Waals surface area contributed by atoms with Crippen LogP contribution in [0, 0.1) is 12.7 Å². The summed E-state index contributed by atoms with van der Waals surface area (Å²) in [6.45, 7) is 4.93. The fraction of sp³-hybridized carbons (Fsp3) is 0.429. The summed E-state index contributed by atoms with van der Waals surface area (Å²) in [4.78, 5) is 23.4. The van der Waals surface area contributed by atoms with Crippen LogP contribution in [-0.2, 0) is 4.79 Å². The zero-order valence-electron chi connectivity index (χ0n) is 16.2. The molecule has 0 saturated carbocycles. The van der Waals surface area contributed by atoms with E-state index in [4.69, 9.17) is 0 Å². The van der Waals surface area contributed by atoms with Crippen molar-refractivity contribution in [1.82, 2.24) is 14.8 Å². The number of amides is 1. The van der Waals surface area contributed by atoms with Gasteiger partial charge < -0.3 is 9.80 Å². The molecule has 2 heterocycles. The van der Waals surface area contributed by atoms with Crippen LogP contribution in [0.15, 0.2) is 42.6 Å². The summed E-state index contributed by atoms with van der Waals surface area (Å²) in [5, 5.41) is 0. The Balaban J connectivity index is 1.75. The van der Waals surface area contributed by atoms with Crippen LogP contribution in [0.25, 0.3) is 0 Å². The van der Waals surface area contributed by atoms with Crippen LogP contribution >= 0.6 is 0 Å². The lowest BCUT2D eigenvalue weighted by atomic mass is 10.0. The first-order valence-electron chi connectivity index (χ1n) is 9.34. The average Bonchev–Trinajstić information content (AvgIpc) is 2.89. The van der Waals surface area contributed by atoms with Gasteiger partial charge >= 0.3 is 0 Å². The predicted molar refractivity (Wildman–Crippen MR) is 105 cm³/mol. The molecule has 0 N–H and O–H groups in total. The Morgan fingerprint density at radius 3 is 2.63 bits per heavy atom. The van der Waals surface area contributed by atoms with Crippen LogP contribution in [0.1, 0.15) is 23.7 Å².